The van der Waals surface area contributed by atoms with Crippen LogP contribution in [0.1, 0.15) is 43.0 Å². The molecule has 25 heavy (non-hydrogen) atoms. The van der Waals surface area contributed by atoms with Crippen LogP contribution in [0.5, 0.6) is 11.8 Å². The maximum absolute atomic E-state index is 12.5. The standard InChI is InChI=1S/C19H23N3O3/c1-2-24-19-16(6-5-13-21-19)18(23)22-14-8-10-15(11-9-14)25-17-7-3-4-12-20-17/h3-7,12-15H,2,8-11H2,1H3,(H,22,23). The SMILES string of the molecule is CCOc1ncccc1C(=O)NC1CCC(Oc2ccccn2)CC1. The summed E-state index contributed by atoms with van der Waals surface area (Å²) in [5.41, 5.74) is 0.483. The molecule has 1 aliphatic carbocycles. The third-order valence-corrected chi connectivity index (χ3v) is 4.23. The van der Waals surface area contributed by atoms with Crippen LogP contribution >= 0.6 is 0 Å². The van der Waals surface area contributed by atoms with E-state index in [1.54, 1.807) is 24.5 Å². The number of hydrogen-bond donors (Lipinski definition) is 1. The first-order valence-electron chi connectivity index (χ1n) is 8.72. The highest BCUT2D eigenvalue weighted by Crippen LogP contribution is 2.23. The molecule has 0 aliphatic heterocycles. The Balaban J connectivity index is 1.51. The van der Waals surface area contributed by atoms with Gasteiger partial charge in [-0.25, -0.2) is 9.97 Å². The van der Waals surface area contributed by atoms with Crippen molar-refractivity contribution in [3.63, 3.8) is 0 Å². The Kier molecular flexibility index (Phi) is 5.82. The van der Waals surface area contributed by atoms with Crippen LogP contribution in [0, 0.1) is 0 Å². The normalized spacial score (nSPS) is 19.9. The van der Waals surface area contributed by atoms with Gasteiger partial charge in [-0.2, -0.15) is 0 Å². The Morgan fingerprint density at radius 1 is 1.12 bits per heavy atom. The zero-order chi connectivity index (χ0) is 17.5. The maximum atomic E-state index is 12.5. The number of hydrogen-bond acceptors (Lipinski definition) is 5. The summed E-state index contributed by atoms with van der Waals surface area (Å²) >= 11 is 0. The van der Waals surface area contributed by atoms with E-state index in [4.69, 9.17) is 9.47 Å². The van der Waals surface area contributed by atoms with Gasteiger partial charge in [0.25, 0.3) is 5.91 Å². The molecule has 1 saturated carbocycles. The lowest BCUT2D eigenvalue weighted by molar-refractivity contribution is 0.0885. The summed E-state index contributed by atoms with van der Waals surface area (Å²) in [5, 5.41) is 3.09. The number of carbonyl (C=O) groups is 1. The van der Waals surface area contributed by atoms with Crippen LogP contribution in [0.15, 0.2) is 42.7 Å². The fourth-order valence-corrected chi connectivity index (χ4v) is 2.99. The summed E-state index contributed by atoms with van der Waals surface area (Å²) < 4.78 is 11.3. The van der Waals surface area contributed by atoms with E-state index < -0.39 is 0 Å². The van der Waals surface area contributed by atoms with E-state index in [-0.39, 0.29) is 18.1 Å². The van der Waals surface area contributed by atoms with Crippen molar-refractivity contribution in [2.24, 2.45) is 0 Å². The predicted molar refractivity (Wildman–Crippen MR) is 93.8 cm³/mol. The van der Waals surface area contributed by atoms with Gasteiger partial charge in [-0.1, -0.05) is 6.07 Å². The molecular formula is C19H23N3O3. The highest BCUT2D eigenvalue weighted by molar-refractivity contribution is 5.96. The molecule has 6 nitrogen and oxygen atoms in total. The molecule has 2 aromatic rings. The van der Waals surface area contributed by atoms with Crippen LogP contribution in [0.4, 0.5) is 0 Å². The molecule has 2 heterocycles. The number of carbonyl (C=O) groups excluding carboxylic acids is 1. The van der Waals surface area contributed by atoms with Crippen LogP contribution < -0.4 is 14.8 Å². The number of rotatable bonds is 6. The van der Waals surface area contributed by atoms with Gasteiger partial charge < -0.3 is 14.8 Å². The van der Waals surface area contributed by atoms with E-state index in [0.717, 1.165) is 25.7 Å². The van der Waals surface area contributed by atoms with Gasteiger partial charge in [0.05, 0.1) is 6.61 Å². The number of nitrogens with zero attached hydrogens (tertiary/aromatic N) is 2. The van der Waals surface area contributed by atoms with Crippen molar-refractivity contribution in [1.29, 1.82) is 0 Å². The third kappa shape index (κ3) is 4.68. The van der Waals surface area contributed by atoms with Gasteiger partial charge in [0, 0.05) is 24.5 Å². The zero-order valence-corrected chi connectivity index (χ0v) is 14.4. The monoisotopic (exact) mass is 341 g/mol. The number of nitrogens with one attached hydrogen (secondary N) is 1. The smallest absolute Gasteiger partial charge is 0.256 e. The number of ether oxygens (including phenoxy) is 2. The van der Waals surface area contributed by atoms with Gasteiger partial charge in [-0.15, -0.1) is 0 Å². The molecule has 3 rings (SSSR count). The molecular weight excluding hydrogens is 318 g/mol. The van der Waals surface area contributed by atoms with Crippen molar-refractivity contribution in [3.8, 4) is 11.8 Å². The van der Waals surface area contributed by atoms with Crippen molar-refractivity contribution in [1.82, 2.24) is 15.3 Å². The quantitative estimate of drug-likeness (QED) is 0.874. The lowest BCUT2D eigenvalue weighted by Crippen LogP contribution is -2.40. The summed E-state index contributed by atoms with van der Waals surface area (Å²) in [5.74, 6) is 0.909. The van der Waals surface area contributed by atoms with E-state index >= 15 is 0 Å². The number of aromatic nitrogens is 2. The molecule has 1 fully saturated rings. The van der Waals surface area contributed by atoms with Gasteiger partial charge in [0.15, 0.2) is 0 Å². The zero-order valence-electron chi connectivity index (χ0n) is 14.4. The molecule has 1 aliphatic rings. The Morgan fingerprint density at radius 2 is 1.92 bits per heavy atom. The summed E-state index contributed by atoms with van der Waals surface area (Å²) in [6.07, 6.45) is 7.06. The largest absolute Gasteiger partial charge is 0.477 e. The van der Waals surface area contributed by atoms with E-state index in [9.17, 15) is 4.79 Å². The minimum Gasteiger partial charge on any atom is -0.477 e. The van der Waals surface area contributed by atoms with Crippen molar-refractivity contribution >= 4 is 5.91 Å². The molecule has 0 bridgehead atoms. The molecule has 0 saturated heterocycles. The first kappa shape index (κ1) is 17.2. The molecule has 0 spiro atoms. The fraction of sp³-hybridized carbons (Fsp3) is 0.421. The second-order valence-electron chi connectivity index (χ2n) is 6.02. The van der Waals surface area contributed by atoms with Gasteiger partial charge in [-0.05, 0) is 50.8 Å². The average molecular weight is 341 g/mol. The van der Waals surface area contributed by atoms with Crippen molar-refractivity contribution in [2.75, 3.05) is 6.61 Å². The molecule has 6 heteroatoms. The summed E-state index contributed by atoms with van der Waals surface area (Å²) in [6, 6.07) is 9.28. The first-order chi connectivity index (χ1) is 12.3. The Morgan fingerprint density at radius 3 is 2.64 bits per heavy atom. The number of amides is 1. The minimum absolute atomic E-state index is 0.134. The third-order valence-electron chi connectivity index (χ3n) is 4.23. The van der Waals surface area contributed by atoms with Crippen LogP contribution in [0.2, 0.25) is 0 Å². The lowest BCUT2D eigenvalue weighted by atomic mass is 9.92. The Labute approximate surface area is 147 Å². The van der Waals surface area contributed by atoms with Gasteiger partial charge >= 0.3 is 0 Å². The van der Waals surface area contributed by atoms with Crippen LogP contribution in [-0.2, 0) is 0 Å². The molecule has 0 atom stereocenters. The average Bonchev–Trinajstić information content (AvgIpc) is 2.65. The fourth-order valence-electron chi connectivity index (χ4n) is 2.99. The van der Waals surface area contributed by atoms with Crippen molar-refractivity contribution in [3.05, 3.63) is 48.3 Å². The number of pyridine rings is 2. The highest BCUT2D eigenvalue weighted by Gasteiger charge is 2.25. The first-order valence-corrected chi connectivity index (χ1v) is 8.72. The Bertz CT molecular complexity index is 685. The van der Waals surface area contributed by atoms with Crippen molar-refractivity contribution < 1.29 is 14.3 Å². The van der Waals surface area contributed by atoms with Crippen LogP contribution in [0.25, 0.3) is 0 Å². The molecule has 0 aromatic carbocycles. The van der Waals surface area contributed by atoms with E-state index in [1.165, 1.54) is 0 Å². The summed E-state index contributed by atoms with van der Waals surface area (Å²) in [4.78, 5) is 20.8. The second-order valence-corrected chi connectivity index (χ2v) is 6.02. The summed E-state index contributed by atoms with van der Waals surface area (Å²) in [7, 11) is 0. The Hall–Kier alpha value is -2.63. The van der Waals surface area contributed by atoms with Gasteiger partial charge in [-0.3, -0.25) is 4.79 Å². The predicted octanol–water partition coefficient (Wildman–Crippen LogP) is 3.00. The lowest BCUT2D eigenvalue weighted by Gasteiger charge is -2.29. The van der Waals surface area contributed by atoms with Crippen molar-refractivity contribution in [2.45, 2.75) is 44.8 Å². The van der Waals surface area contributed by atoms with E-state index in [1.807, 2.05) is 25.1 Å². The van der Waals surface area contributed by atoms with Crippen LogP contribution in [-0.4, -0.2) is 34.6 Å². The molecule has 0 unspecified atom stereocenters. The molecule has 1 amide bonds. The molecule has 2 aromatic heterocycles. The van der Waals surface area contributed by atoms with Crippen LogP contribution in [0.3, 0.4) is 0 Å². The van der Waals surface area contributed by atoms with E-state index in [0.29, 0.717) is 23.9 Å². The topological polar surface area (TPSA) is 73.3 Å². The van der Waals surface area contributed by atoms with Gasteiger partial charge in [0.1, 0.15) is 11.7 Å². The minimum atomic E-state index is -0.134. The van der Waals surface area contributed by atoms with E-state index in [2.05, 4.69) is 15.3 Å². The molecule has 132 valence electrons. The molecule has 0 radical (unpaired) electrons. The van der Waals surface area contributed by atoms with Gasteiger partial charge in [0.2, 0.25) is 11.8 Å². The summed E-state index contributed by atoms with van der Waals surface area (Å²) in [6.45, 7) is 2.35. The highest BCUT2D eigenvalue weighted by atomic mass is 16.5. The molecule has 1 N–H and O–H groups in total. The second kappa shape index (κ2) is 8.46. The maximum Gasteiger partial charge on any atom is 0.256 e.